The quantitative estimate of drug-likeness (QED) is 0.797. The lowest BCUT2D eigenvalue weighted by molar-refractivity contribution is 1.15. The first-order valence-electron chi connectivity index (χ1n) is 5.08. The summed E-state index contributed by atoms with van der Waals surface area (Å²) in [6.07, 6.45) is 0. The third-order valence-corrected chi connectivity index (χ3v) is 3.36. The lowest BCUT2D eigenvalue weighted by Crippen LogP contribution is -1.99. The molecule has 88 valence electrons. The fraction of sp³-hybridized carbons (Fsp3) is 0.0769. The number of hydrogen-bond donors (Lipinski definition) is 1. The number of rotatable bonds is 3. The fourth-order valence-electron chi connectivity index (χ4n) is 1.48. The molecule has 4 heteroatoms. The van der Waals surface area contributed by atoms with Crippen molar-refractivity contribution in [2.75, 3.05) is 5.32 Å². The Kier molecular flexibility index (Phi) is 4.32. The van der Waals surface area contributed by atoms with Gasteiger partial charge >= 0.3 is 0 Å². The minimum atomic E-state index is 0.691. The SMILES string of the molecule is Clc1cccc(CNc2cc(Br)ccc2Cl)c1. The van der Waals surface area contributed by atoms with Crippen molar-refractivity contribution < 1.29 is 0 Å². The Morgan fingerprint density at radius 2 is 1.88 bits per heavy atom. The van der Waals surface area contributed by atoms with E-state index < -0.39 is 0 Å². The van der Waals surface area contributed by atoms with Crippen LogP contribution in [0, 0.1) is 0 Å². The summed E-state index contributed by atoms with van der Waals surface area (Å²) >= 11 is 15.4. The minimum Gasteiger partial charge on any atom is -0.380 e. The molecular formula is C13H10BrCl2N. The summed E-state index contributed by atoms with van der Waals surface area (Å²) in [5.74, 6) is 0. The molecule has 0 atom stereocenters. The first-order valence-corrected chi connectivity index (χ1v) is 6.63. The van der Waals surface area contributed by atoms with E-state index in [-0.39, 0.29) is 0 Å². The van der Waals surface area contributed by atoms with E-state index in [9.17, 15) is 0 Å². The van der Waals surface area contributed by atoms with Gasteiger partial charge in [-0.05, 0) is 35.9 Å². The summed E-state index contributed by atoms with van der Waals surface area (Å²) in [7, 11) is 0. The van der Waals surface area contributed by atoms with Gasteiger partial charge in [0.1, 0.15) is 0 Å². The molecule has 0 radical (unpaired) electrons. The van der Waals surface area contributed by atoms with Crippen molar-refractivity contribution in [3.63, 3.8) is 0 Å². The van der Waals surface area contributed by atoms with Crippen LogP contribution >= 0.6 is 39.1 Å². The van der Waals surface area contributed by atoms with Crippen LogP contribution in [0.25, 0.3) is 0 Å². The summed E-state index contributed by atoms with van der Waals surface area (Å²) in [6, 6.07) is 13.5. The Morgan fingerprint density at radius 1 is 1.06 bits per heavy atom. The average Bonchev–Trinajstić information content (AvgIpc) is 2.30. The summed E-state index contributed by atoms with van der Waals surface area (Å²) in [5, 5.41) is 4.72. The molecule has 2 aromatic carbocycles. The van der Waals surface area contributed by atoms with E-state index in [0.717, 1.165) is 20.7 Å². The normalized spacial score (nSPS) is 10.3. The Hall–Kier alpha value is -0.700. The van der Waals surface area contributed by atoms with Crippen LogP contribution in [0.15, 0.2) is 46.9 Å². The van der Waals surface area contributed by atoms with Crippen molar-refractivity contribution in [1.82, 2.24) is 0 Å². The maximum absolute atomic E-state index is 6.08. The van der Waals surface area contributed by atoms with Crippen LogP contribution in [0.3, 0.4) is 0 Å². The maximum Gasteiger partial charge on any atom is 0.0638 e. The van der Waals surface area contributed by atoms with Crippen molar-refractivity contribution in [3.05, 3.63) is 62.5 Å². The van der Waals surface area contributed by atoms with Crippen LogP contribution in [0.5, 0.6) is 0 Å². The highest BCUT2D eigenvalue weighted by Gasteiger charge is 2.01. The van der Waals surface area contributed by atoms with E-state index in [1.54, 1.807) is 0 Å². The second-order valence-electron chi connectivity index (χ2n) is 3.61. The molecule has 0 aromatic heterocycles. The first-order chi connectivity index (χ1) is 8.15. The zero-order valence-electron chi connectivity index (χ0n) is 8.88. The van der Waals surface area contributed by atoms with Crippen LogP contribution in [0.1, 0.15) is 5.56 Å². The standard InChI is InChI=1S/C13H10BrCl2N/c14-10-4-5-12(16)13(7-10)17-8-9-2-1-3-11(15)6-9/h1-7,17H,8H2. The van der Waals surface area contributed by atoms with E-state index in [1.165, 1.54) is 0 Å². The Morgan fingerprint density at radius 3 is 2.65 bits per heavy atom. The Labute approximate surface area is 119 Å². The van der Waals surface area contributed by atoms with Gasteiger partial charge in [-0.1, -0.05) is 51.3 Å². The zero-order valence-corrected chi connectivity index (χ0v) is 12.0. The first kappa shape index (κ1) is 12.7. The van der Waals surface area contributed by atoms with E-state index in [0.29, 0.717) is 11.6 Å². The molecule has 2 aromatic rings. The number of halogens is 3. The van der Waals surface area contributed by atoms with Gasteiger partial charge in [0.15, 0.2) is 0 Å². The molecule has 0 aliphatic rings. The van der Waals surface area contributed by atoms with Gasteiger partial charge < -0.3 is 5.32 Å². The van der Waals surface area contributed by atoms with Gasteiger partial charge in [0.25, 0.3) is 0 Å². The van der Waals surface area contributed by atoms with Crippen LogP contribution in [0.2, 0.25) is 10.0 Å². The van der Waals surface area contributed by atoms with Crippen molar-refractivity contribution in [2.45, 2.75) is 6.54 Å². The van der Waals surface area contributed by atoms with Crippen LogP contribution in [-0.2, 0) is 6.54 Å². The molecule has 2 rings (SSSR count). The van der Waals surface area contributed by atoms with Gasteiger partial charge in [0.05, 0.1) is 10.7 Å². The highest BCUT2D eigenvalue weighted by atomic mass is 79.9. The molecule has 0 bridgehead atoms. The van der Waals surface area contributed by atoms with Gasteiger partial charge in [0, 0.05) is 16.0 Å². The van der Waals surface area contributed by atoms with Crippen molar-refractivity contribution in [2.24, 2.45) is 0 Å². The number of benzene rings is 2. The van der Waals surface area contributed by atoms with Gasteiger partial charge in [-0.15, -0.1) is 0 Å². The molecule has 0 heterocycles. The number of nitrogens with one attached hydrogen (secondary N) is 1. The molecule has 0 amide bonds. The largest absolute Gasteiger partial charge is 0.380 e. The topological polar surface area (TPSA) is 12.0 Å². The van der Waals surface area contributed by atoms with Crippen LogP contribution in [0.4, 0.5) is 5.69 Å². The third kappa shape index (κ3) is 3.63. The van der Waals surface area contributed by atoms with E-state index in [1.807, 2.05) is 42.5 Å². The molecule has 0 aliphatic heterocycles. The predicted molar refractivity (Wildman–Crippen MR) is 77.9 cm³/mol. The second-order valence-corrected chi connectivity index (χ2v) is 5.37. The molecule has 1 nitrogen and oxygen atoms in total. The zero-order chi connectivity index (χ0) is 12.3. The molecule has 0 saturated carbocycles. The maximum atomic E-state index is 6.08. The van der Waals surface area contributed by atoms with Gasteiger partial charge in [0.2, 0.25) is 0 Å². The molecule has 0 unspecified atom stereocenters. The Bertz CT molecular complexity index is 529. The smallest absolute Gasteiger partial charge is 0.0638 e. The van der Waals surface area contributed by atoms with Crippen LogP contribution < -0.4 is 5.32 Å². The van der Waals surface area contributed by atoms with E-state index >= 15 is 0 Å². The lowest BCUT2D eigenvalue weighted by atomic mass is 10.2. The summed E-state index contributed by atoms with van der Waals surface area (Å²) in [4.78, 5) is 0. The number of anilines is 1. The minimum absolute atomic E-state index is 0.691. The molecule has 0 fully saturated rings. The van der Waals surface area contributed by atoms with Crippen molar-refractivity contribution in [3.8, 4) is 0 Å². The summed E-state index contributed by atoms with van der Waals surface area (Å²) in [6.45, 7) is 0.691. The van der Waals surface area contributed by atoms with Crippen LogP contribution in [-0.4, -0.2) is 0 Å². The molecule has 0 spiro atoms. The predicted octanol–water partition coefficient (Wildman–Crippen LogP) is 5.37. The molecule has 0 aliphatic carbocycles. The fourth-order valence-corrected chi connectivity index (χ4v) is 2.24. The monoisotopic (exact) mass is 329 g/mol. The second kappa shape index (κ2) is 5.76. The van der Waals surface area contributed by atoms with Gasteiger partial charge in [-0.3, -0.25) is 0 Å². The lowest BCUT2D eigenvalue weighted by Gasteiger charge is -2.09. The van der Waals surface area contributed by atoms with E-state index in [2.05, 4.69) is 21.2 Å². The summed E-state index contributed by atoms with van der Waals surface area (Å²) in [5.41, 5.74) is 2.02. The highest BCUT2D eigenvalue weighted by Crippen LogP contribution is 2.26. The molecular weight excluding hydrogens is 321 g/mol. The van der Waals surface area contributed by atoms with E-state index in [4.69, 9.17) is 23.2 Å². The summed E-state index contributed by atoms with van der Waals surface area (Å²) < 4.78 is 0.996. The van der Waals surface area contributed by atoms with Gasteiger partial charge in [-0.2, -0.15) is 0 Å². The van der Waals surface area contributed by atoms with Gasteiger partial charge in [-0.25, -0.2) is 0 Å². The van der Waals surface area contributed by atoms with Crippen molar-refractivity contribution >= 4 is 44.8 Å². The molecule has 17 heavy (non-hydrogen) atoms. The van der Waals surface area contributed by atoms with Crippen molar-refractivity contribution in [1.29, 1.82) is 0 Å². The Balaban J connectivity index is 2.09. The number of hydrogen-bond acceptors (Lipinski definition) is 1. The average molecular weight is 331 g/mol. The highest BCUT2D eigenvalue weighted by molar-refractivity contribution is 9.10. The molecule has 1 N–H and O–H groups in total. The molecule has 0 saturated heterocycles. The third-order valence-electron chi connectivity index (χ3n) is 2.30.